The molecule has 0 fully saturated rings. The second-order valence-electron chi connectivity index (χ2n) is 4.30. The number of ether oxygens (including phenoxy) is 2. The first-order chi connectivity index (χ1) is 9.65. The topological polar surface area (TPSA) is 35.5 Å². The third kappa shape index (κ3) is 2.77. The molecular formula is C14H10Br2O3S. The van der Waals surface area contributed by atoms with Gasteiger partial charge in [0.05, 0.1) is 17.0 Å². The van der Waals surface area contributed by atoms with Crippen LogP contribution in [0, 0.1) is 0 Å². The summed E-state index contributed by atoms with van der Waals surface area (Å²) in [6, 6.07) is 5.37. The molecule has 0 N–H and O–H groups in total. The zero-order chi connectivity index (χ0) is 14.1. The Bertz CT molecular complexity index is 666. The average Bonchev–Trinajstić information content (AvgIpc) is 2.73. The predicted molar refractivity (Wildman–Crippen MR) is 85.2 cm³/mol. The van der Waals surface area contributed by atoms with E-state index in [1.54, 1.807) is 12.1 Å². The number of benzene rings is 1. The zero-order valence-electron chi connectivity index (χ0n) is 10.3. The van der Waals surface area contributed by atoms with Crippen LogP contribution in [0.3, 0.4) is 0 Å². The maximum Gasteiger partial charge on any atom is 0.195 e. The monoisotopic (exact) mass is 416 g/mol. The summed E-state index contributed by atoms with van der Waals surface area (Å²) in [6.07, 6.45) is 0.840. The minimum atomic E-state index is -0.0329. The van der Waals surface area contributed by atoms with Gasteiger partial charge in [-0.05, 0) is 50.1 Å². The first-order valence-corrected chi connectivity index (χ1v) is 8.49. The number of hydrogen-bond donors (Lipinski definition) is 0. The summed E-state index contributed by atoms with van der Waals surface area (Å²) >= 11 is 8.30. The van der Waals surface area contributed by atoms with E-state index in [-0.39, 0.29) is 5.78 Å². The minimum absolute atomic E-state index is 0.0329. The number of carbonyl (C=O) groups excluding carboxylic acids is 1. The van der Waals surface area contributed by atoms with Gasteiger partial charge >= 0.3 is 0 Å². The van der Waals surface area contributed by atoms with Crippen molar-refractivity contribution in [1.82, 2.24) is 0 Å². The van der Waals surface area contributed by atoms with Crippen LogP contribution in [0.5, 0.6) is 11.5 Å². The SMILES string of the molecule is O=C(c1csc(Br)c1)c1cc2c(cc1Br)OCCCO2. The van der Waals surface area contributed by atoms with E-state index in [1.807, 2.05) is 11.4 Å². The summed E-state index contributed by atoms with van der Waals surface area (Å²) in [5.41, 5.74) is 1.25. The fraction of sp³-hybridized carbons (Fsp3) is 0.214. The molecule has 3 rings (SSSR count). The molecule has 1 aromatic heterocycles. The van der Waals surface area contributed by atoms with Crippen molar-refractivity contribution in [2.24, 2.45) is 0 Å². The first-order valence-electron chi connectivity index (χ1n) is 6.03. The largest absolute Gasteiger partial charge is 0.490 e. The Kier molecular flexibility index (Phi) is 4.14. The number of hydrogen-bond acceptors (Lipinski definition) is 4. The molecule has 0 bridgehead atoms. The van der Waals surface area contributed by atoms with Gasteiger partial charge in [-0.1, -0.05) is 0 Å². The van der Waals surface area contributed by atoms with Gasteiger partial charge in [-0.25, -0.2) is 0 Å². The Morgan fingerprint density at radius 2 is 1.80 bits per heavy atom. The van der Waals surface area contributed by atoms with Gasteiger partial charge in [0.2, 0.25) is 0 Å². The highest BCUT2D eigenvalue weighted by Gasteiger charge is 2.19. The lowest BCUT2D eigenvalue weighted by atomic mass is 10.1. The van der Waals surface area contributed by atoms with Crippen molar-refractivity contribution in [3.63, 3.8) is 0 Å². The van der Waals surface area contributed by atoms with Crippen LogP contribution in [0.1, 0.15) is 22.3 Å². The van der Waals surface area contributed by atoms with E-state index in [0.29, 0.717) is 40.3 Å². The standard InChI is InChI=1S/C14H10Br2O3S/c15-10-6-12-11(18-2-1-3-19-12)5-9(10)14(17)8-4-13(16)20-7-8/h4-7H,1-3H2. The van der Waals surface area contributed by atoms with Gasteiger partial charge in [0.15, 0.2) is 17.3 Å². The molecule has 0 atom stereocenters. The summed E-state index contributed by atoms with van der Waals surface area (Å²) < 4.78 is 12.9. The van der Waals surface area contributed by atoms with Crippen LogP contribution in [-0.4, -0.2) is 19.0 Å². The molecule has 2 aromatic rings. The van der Waals surface area contributed by atoms with Crippen molar-refractivity contribution < 1.29 is 14.3 Å². The molecule has 1 aromatic carbocycles. The summed E-state index contributed by atoms with van der Waals surface area (Å²) in [7, 11) is 0. The summed E-state index contributed by atoms with van der Waals surface area (Å²) in [4.78, 5) is 12.5. The highest BCUT2D eigenvalue weighted by atomic mass is 79.9. The Morgan fingerprint density at radius 3 is 2.45 bits per heavy atom. The van der Waals surface area contributed by atoms with E-state index < -0.39 is 0 Å². The van der Waals surface area contributed by atoms with Crippen LogP contribution in [0.25, 0.3) is 0 Å². The van der Waals surface area contributed by atoms with Crippen LogP contribution in [0.15, 0.2) is 31.8 Å². The van der Waals surface area contributed by atoms with E-state index in [0.717, 1.165) is 10.2 Å². The Labute approximate surface area is 137 Å². The van der Waals surface area contributed by atoms with Gasteiger partial charge < -0.3 is 9.47 Å². The molecule has 2 heterocycles. The Balaban J connectivity index is 2.01. The Morgan fingerprint density at radius 1 is 1.10 bits per heavy atom. The minimum Gasteiger partial charge on any atom is -0.490 e. The van der Waals surface area contributed by atoms with E-state index in [2.05, 4.69) is 31.9 Å². The number of thiophene rings is 1. The number of ketones is 1. The number of halogens is 2. The molecule has 0 amide bonds. The van der Waals surface area contributed by atoms with E-state index in [9.17, 15) is 4.79 Å². The van der Waals surface area contributed by atoms with E-state index in [1.165, 1.54) is 11.3 Å². The molecule has 6 heteroatoms. The summed E-state index contributed by atoms with van der Waals surface area (Å²) in [6.45, 7) is 1.23. The van der Waals surface area contributed by atoms with Crippen molar-refractivity contribution in [1.29, 1.82) is 0 Å². The third-order valence-electron chi connectivity index (χ3n) is 2.91. The normalized spacial score (nSPS) is 13.9. The molecule has 0 radical (unpaired) electrons. The van der Waals surface area contributed by atoms with Crippen LogP contribution < -0.4 is 9.47 Å². The predicted octanol–water partition coefficient (Wildman–Crippen LogP) is 4.67. The molecule has 1 aliphatic rings. The van der Waals surface area contributed by atoms with Gasteiger partial charge in [0.25, 0.3) is 0 Å². The smallest absolute Gasteiger partial charge is 0.195 e. The first kappa shape index (κ1) is 14.1. The Hall–Kier alpha value is -0.850. The maximum absolute atomic E-state index is 12.5. The van der Waals surface area contributed by atoms with Gasteiger partial charge in [-0.2, -0.15) is 0 Å². The fourth-order valence-corrected chi connectivity index (χ4v) is 3.58. The lowest BCUT2D eigenvalue weighted by molar-refractivity contribution is 0.103. The molecule has 0 unspecified atom stereocenters. The van der Waals surface area contributed by atoms with Crippen LogP contribution >= 0.6 is 43.2 Å². The molecule has 0 saturated heterocycles. The third-order valence-corrected chi connectivity index (χ3v) is 5.07. The van der Waals surface area contributed by atoms with Crippen LogP contribution in [-0.2, 0) is 0 Å². The van der Waals surface area contributed by atoms with Gasteiger partial charge in [-0.3, -0.25) is 4.79 Å². The molecule has 1 aliphatic heterocycles. The number of rotatable bonds is 2. The fourth-order valence-electron chi connectivity index (χ4n) is 1.94. The van der Waals surface area contributed by atoms with Gasteiger partial charge in [-0.15, -0.1) is 11.3 Å². The second kappa shape index (κ2) is 5.87. The molecule has 3 nitrogen and oxygen atoms in total. The van der Waals surface area contributed by atoms with Crippen molar-refractivity contribution in [3.05, 3.63) is 43.0 Å². The lowest BCUT2D eigenvalue weighted by Gasteiger charge is -2.10. The molecule has 0 saturated carbocycles. The van der Waals surface area contributed by atoms with Gasteiger partial charge in [0, 0.05) is 27.4 Å². The summed E-state index contributed by atoms with van der Waals surface area (Å²) in [5.74, 6) is 1.27. The highest BCUT2D eigenvalue weighted by molar-refractivity contribution is 9.11. The number of fused-ring (bicyclic) bond motifs is 1. The van der Waals surface area contributed by atoms with Crippen LogP contribution in [0.4, 0.5) is 0 Å². The van der Waals surface area contributed by atoms with Crippen molar-refractivity contribution in [3.8, 4) is 11.5 Å². The quantitative estimate of drug-likeness (QED) is 0.666. The summed E-state index contributed by atoms with van der Waals surface area (Å²) in [5, 5.41) is 1.84. The van der Waals surface area contributed by atoms with Crippen molar-refractivity contribution >= 4 is 49.0 Å². The highest BCUT2D eigenvalue weighted by Crippen LogP contribution is 2.36. The molecular weight excluding hydrogens is 408 g/mol. The zero-order valence-corrected chi connectivity index (χ0v) is 14.3. The second-order valence-corrected chi connectivity index (χ2v) is 7.44. The molecule has 20 heavy (non-hydrogen) atoms. The number of carbonyl (C=O) groups is 1. The molecule has 104 valence electrons. The van der Waals surface area contributed by atoms with Crippen molar-refractivity contribution in [2.45, 2.75) is 6.42 Å². The average molecular weight is 418 g/mol. The maximum atomic E-state index is 12.5. The van der Waals surface area contributed by atoms with Gasteiger partial charge in [0.1, 0.15) is 0 Å². The molecule has 0 aliphatic carbocycles. The van der Waals surface area contributed by atoms with Crippen molar-refractivity contribution in [2.75, 3.05) is 13.2 Å². The van der Waals surface area contributed by atoms with E-state index in [4.69, 9.17) is 9.47 Å². The molecule has 0 spiro atoms. The lowest BCUT2D eigenvalue weighted by Crippen LogP contribution is -2.02. The van der Waals surface area contributed by atoms with E-state index >= 15 is 0 Å². The van der Waals surface area contributed by atoms with Crippen LogP contribution in [0.2, 0.25) is 0 Å².